The van der Waals surface area contributed by atoms with Crippen LogP contribution in [0.15, 0.2) is 28.8 Å². The molecule has 0 unspecified atom stereocenters. The molecule has 2 heterocycles. The summed E-state index contributed by atoms with van der Waals surface area (Å²) >= 11 is 0. The van der Waals surface area contributed by atoms with Crippen molar-refractivity contribution in [2.45, 2.75) is 31.1 Å². The molecule has 152 valence electrons. The number of carbonyl (C=O) groups is 1. The van der Waals surface area contributed by atoms with E-state index in [1.54, 1.807) is 6.07 Å². The maximum atomic E-state index is 13.0. The Bertz CT molecular complexity index is 834. The molecule has 0 saturated carbocycles. The average Bonchev–Trinajstić information content (AvgIpc) is 3.06. The molecule has 11 heteroatoms. The highest BCUT2D eigenvalue weighted by atomic mass is 19.4. The van der Waals surface area contributed by atoms with Crippen LogP contribution in [-0.2, 0) is 12.4 Å². The number of piperidine rings is 1. The number of aromatic nitrogens is 1. The number of nitrogens with zero attached hydrogens (tertiary/aromatic N) is 2. The summed E-state index contributed by atoms with van der Waals surface area (Å²) < 4.78 is 82.6. The highest BCUT2D eigenvalue weighted by Gasteiger charge is 2.38. The van der Waals surface area contributed by atoms with Gasteiger partial charge in [0.1, 0.15) is 0 Å². The fraction of sp³-hybridized carbons (Fsp3) is 0.412. The summed E-state index contributed by atoms with van der Waals surface area (Å²) in [6, 6.07) is 2.44. The maximum absolute atomic E-state index is 13.0. The van der Waals surface area contributed by atoms with Crippen LogP contribution in [0.25, 0.3) is 0 Å². The SMILES string of the molecule is Nc1cc(C2CCN(C(=O)c3cc(C(F)(F)F)cc(C(F)(F)F)c3)CC2)no1. The highest BCUT2D eigenvalue weighted by molar-refractivity contribution is 5.94. The van der Waals surface area contributed by atoms with Crippen molar-refractivity contribution < 1.29 is 35.7 Å². The van der Waals surface area contributed by atoms with E-state index in [1.165, 1.54) is 4.90 Å². The number of hydrogen-bond acceptors (Lipinski definition) is 4. The Labute approximate surface area is 155 Å². The smallest absolute Gasteiger partial charge is 0.368 e. The molecule has 2 aromatic rings. The minimum Gasteiger partial charge on any atom is -0.368 e. The summed E-state index contributed by atoms with van der Waals surface area (Å²) in [6.45, 7) is 0.321. The number of hydrogen-bond donors (Lipinski definition) is 1. The van der Waals surface area contributed by atoms with Crippen molar-refractivity contribution in [2.24, 2.45) is 0 Å². The number of amides is 1. The van der Waals surface area contributed by atoms with E-state index in [1.807, 2.05) is 0 Å². The first kappa shape index (κ1) is 20.0. The van der Waals surface area contributed by atoms with Crippen molar-refractivity contribution in [2.75, 3.05) is 18.8 Å². The van der Waals surface area contributed by atoms with Gasteiger partial charge in [0, 0.05) is 30.6 Å². The predicted molar refractivity (Wildman–Crippen MR) is 85.2 cm³/mol. The van der Waals surface area contributed by atoms with Crippen molar-refractivity contribution in [1.82, 2.24) is 10.1 Å². The van der Waals surface area contributed by atoms with Gasteiger partial charge in [-0.2, -0.15) is 26.3 Å². The zero-order valence-electron chi connectivity index (χ0n) is 14.3. The lowest BCUT2D eigenvalue weighted by molar-refractivity contribution is -0.143. The second-order valence-corrected chi connectivity index (χ2v) is 6.52. The molecule has 1 amide bonds. The molecule has 1 fully saturated rings. The second kappa shape index (κ2) is 7.02. The van der Waals surface area contributed by atoms with Crippen LogP contribution in [0.3, 0.4) is 0 Å². The third kappa shape index (κ3) is 4.23. The third-order valence-corrected chi connectivity index (χ3v) is 4.58. The van der Waals surface area contributed by atoms with Gasteiger partial charge in [-0.1, -0.05) is 5.16 Å². The van der Waals surface area contributed by atoms with Gasteiger partial charge in [-0.25, -0.2) is 0 Å². The van der Waals surface area contributed by atoms with E-state index in [0.717, 1.165) is 0 Å². The van der Waals surface area contributed by atoms with E-state index in [-0.39, 0.29) is 31.0 Å². The van der Waals surface area contributed by atoms with Gasteiger partial charge in [-0.05, 0) is 31.0 Å². The molecule has 1 aromatic carbocycles. The average molecular weight is 407 g/mol. The highest BCUT2D eigenvalue weighted by Crippen LogP contribution is 2.37. The Hall–Kier alpha value is -2.72. The first-order valence-electron chi connectivity index (χ1n) is 8.26. The molecule has 0 radical (unpaired) electrons. The number of nitrogen functional groups attached to an aromatic ring is 1. The molecule has 1 aromatic heterocycles. The van der Waals surface area contributed by atoms with Crippen LogP contribution >= 0.6 is 0 Å². The van der Waals surface area contributed by atoms with Gasteiger partial charge in [-0.3, -0.25) is 4.79 Å². The number of benzene rings is 1. The van der Waals surface area contributed by atoms with Crippen LogP contribution in [-0.4, -0.2) is 29.1 Å². The van der Waals surface area contributed by atoms with Gasteiger partial charge in [-0.15, -0.1) is 0 Å². The number of anilines is 1. The summed E-state index contributed by atoms with van der Waals surface area (Å²) in [7, 11) is 0. The molecule has 0 spiro atoms. The first-order valence-corrected chi connectivity index (χ1v) is 8.26. The minimum absolute atomic E-state index is 0.00199. The van der Waals surface area contributed by atoms with Crippen molar-refractivity contribution >= 4 is 11.8 Å². The van der Waals surface area contributed by atoms with E-state index in [2.05, 4.69) is 5.16 Å². The molecule has 0 aliphatic carbocycles. The largest absolute Gasteiger partial charge is 0.416 e. The summed E-state index contributed by atoms with van der Waals surface area (Å²) in [4.78, 5) is 13.8. The van der Waals surface area contributed by atoms with Gasteiger partial charge in [0.05, 0.1) is 16.8 Å². The van der Waals surface area contributed by atoms with Gasteiger partial charge < -0.3 is 15.2 Å². The number of likely N-dealkylation sites (tertiary alicyclic amines) is 1. The fourth-order valence-corrected chi connectivity index (χ4v) is 3.14. The van der Waals surface area contributed by atoms with Crippen LogP contribution in [0.5, 0.6) is 0 Å². The Morgan fingerprint density at radius 3 is 1.96 bits per heavy atom. The third-order valence-electron chi connectivity index (χ3n) is 4.58. The quantitative estimate of drug-likeness (QED) is 0.753. The maximum Gasteiger partial charge on any atom is 0.416 e. The molecule has 5 nitrogen and oxygen atoms in total. The summed E-state index contributed by atoms with van der Waals surface area (Å²) in [5.74, 6) is -0.802. The molecule has 0 atom stereocenters. The van der Waals surface area contributed by atoms with Crippen LogP contribution in [0.4, 0.5) is 32.2 Å². The van der Waals surface area contributed by atoms with Crippen LogP contribution < -0.4 is 5.73 Å². The lowest BCUT2D eigenvalue weighted by Crippen LogP contribution is -2.38. The standard InChI is InChI=1S/C17H15F6N3O2/c18-16(19,20)11-5-10(6-12(7-11)17(21,22)23)15(27)26-3-1-9(2-4-26)13-8-14(24)28-25-13/h5-9H,1-4,24H2. The molecule has 3 rings (SSSR count). The van der Waals surface area contributed by atoms with E-state index in [9.17, 15) is 31.1 Å². The Morgan fingerprint density at radius 1 is 1.00 bits per heavy atom. The van der Waals surface area contributed by atoms with Crippen LogP contribution in [0, 0.1) is 0 Å². The van der Waals surface area contributed by atoms with E-state index < -0.39 is 35.0 Å². The monoisotopic (exact) mass is 407 g/mol. The Kier molecular flexibility index (Phi) is 5.02. The van der Waals surface area contributed by atoms with E-state index in [4.69, 9.17) is 10.3 Å². The Balaban J connectivity index is 1.80. The minimum atomic E-state index is -5.00. The Morgan fingerprint density at radius 2 is 1.54 bits per heavy atom. The molecule has 1 aliphatic rings. The van der Waals surface area contributed by atoms with Crippen molar-refractivity contribution in [3.8, 4) is 0 Å². The molecule has 28 heavy (non-hydrogen) atoms. The lowest BCUT2D eigenvalue weighted by Gasteiger charge is -2.31. The molecule has 2 N–H and O–H groups in total. The number of carbonyl (C=O) groups excluding carboxylic acids is 1. The molecule has 0 bridgehead atoms. The van der Waals surface area contributed by atoms with Crippen molar-refractivity contribution in [3.05, 3.63) is 46.6 Å². The van der Waals surface area contributed by atoms with E-state index >= 15 is 0 Å². The van der Waals surface area contributed by atoms with Gasteiger partial charge in [0.25, 0.3) is 5.91 Å². The fourth-order valence-electron chi connectivity index (χ4n) is 3.14. The summed E-state index contributed by atoms with van der Waals surface area (Å²) in [5.41, 5.74) is 2.38. The van der Waals surface area contributed by atoms with Gasteiger partial charge >= 0.3 is 12.4 Å². The van der Waals surface area contributed by atoms with E-state index in [0.29, 0.717) is 30.7 Å². The van der Waals surface area contributed by atoms with Crippen molar-refractivity contribution in [3.63, 3.8) is 0 Å². The normalized spacial score (nSPS) is 16.4. The molecule has 1 saturated heterocycles. The summed E-state index contributed by atoms with van der Waals surface area (Å²) in [5, 5.41) is 3.79. The van der Waals surface area contributed by atoms with Crippen LogP contribution in [0.2, 0.25) is 0 Å². The number of rotatable bonds is 2. The second-order valence-electron chi connectivity index (χ2n) is 6.52. The molecular formula is C17H15F6N3O2. The van der Waals surface area contributed by atoms with Gasteiger partial charge in [0.2, 0.25) is 5.88 Å². The molecular weight excluding hydrogens is 392 g/mol. The zero-order valence-corrected chi connectivity index (χ0v) is 14.3. The number of alkyl halides is 6. The predicted octanol–water partition coefficient (Wildman–Crippen LogP) is 4.31. The number of nitrogens with two attached hydrogens (primary N) is 1. The van der Waals surface area contributed by atoms with Gasteiger partial charge in [0.15, 0.2) is 0 Å². The van der Waals surface area contributed by atoms with Crippen molar-refractivity contribution in [1.29, 1.82) is 0 Å². The topological polar surface area (TPSA) is 72.4 Å². The lowest BCUT2D eigenvalue weighted by atomic mass is 9.93. The summed E-state index contributed by atoms with van der Waals surface area (Å²) in [6.07, 6.45) is -9.14. The molecule has 1 aliphatic heterocycles. The van der Waals surface area contributed by atoms with Crippen LogP contribution in [0.1, 0.15) is 45.9 Å². The first-order chi connectivity index (χ1) is 12.9. The zero-order chi connectivity index (χ0) is 20.7. The number of halogens is 6.